The second kappa shape index (κ2) is 5.87. The van der Waals surface area contributed by atoms with Crippen molar-refractivity contribution in [2.45, 2.75) is 32.0 Å². The van der Waals surface area contributed by atoms with Crippen molar-refractivity contribution in [1.82, 2.24) is 5.32 Å². The minimum atomic E-state index is 0.309. The van der Waals surface area contributed by atoms with Crippen LogP contribution in [0.3, 0.4) is 0 Å². The van der Waals surface area contributed by atoms with E-state index in [1.54, 1.807) is 12.1 Å². The first-order valence-electron chi connectivity index (χ1n) is 5.95. The van der Waals surface area contributed by atoms with E-state index in [1.165, 1.54) is 6.42 Å². The molecule has 1 atom stereocenters. The van der Waals surface area contributed by atoms with Crippen molar-refractivity contribution < 1.29 is 9.84 Å². The Bertz CT molecular complexity index is 319. The van der Waals surface area contributed by atoms with E-state index in [0.29, 0.717) is 18.5 Å². The summed E-state index contributed by atoms with van der Waals surface area (Å²) in [7, 11) is 0. The minimum absolute atomic E-state index is 0.309. The lowest BCUT2D eigenvalue weighted by molar-refractivity contribution is 0.0330. The Morgan fingerprint density at radius 3 is 3.12 bits per heavy atom. The van der Waals surface area contributed by atoms with Gasteiger partial charge in [0, 0.05) is 0 Å². The van der Waals surface area contributed by atoms with Crippen LogP contribution < -0.4 is 5.32 Å². The van der Waals surface area contributed by atoms with Crippen molar-refractivity contribution in [2.24, 2.45) is 0 Å². The molecule has 0 saturated carbocycles. The Morgan fingerprint density at radius 1 is 1.31 bits per heavy atom. The maximum absolute atomic E-state index is 9.33. The van der Waals surface area contributed by atoms with E-state index in [4.69, 9.17) is 4.74 Å². The largest absolute Gasteiger partial charge is 0.508 e. The van der Waals surface area contributed by atoms with Crippen LogP contribution in [0.4, 0.5) is 0 Å². The second-order valence-corrected chi connectivity index (χ2v) is 4.28. The fraction of sp³-hybridized carbons (Fsp3) is 0.538. The van der Waals surface area contributed by atoms with Crippen molar-refractivity contribution in [3.63, 3.8) is 0 Å². The highest BCUT2D eigenvalue weighted by Crippen LogP contribution is 2.15. The lowest BCUT2D eigenvalue weighted by Crippen LogP contribution is -2.17. The summed E-state index contributed by atoms with van der Waals surface area (Å²) in [6.07, 6.45) is 3.76. The third-order valence-electron chi connectivity index (χ3n) is 2.92. The highest BCUT2D eigenvalue weighted by atomic mass is 16.5. The molecule has 3 nitrogen and oxygen atoms in total. The number of aromatic hydroxyl groups is 1. The highest BCUT2D eigenvalue weighted by Gasteiger charge is 2.11. The summed E-state index contributed by atoms with van der Waals surface area (Å²) < 4.78 is 5.85. The van der Waals surface area contributed by atoms with Crippen molar-refractivity contribution in [3.05, 3.63) is 29.8 Å². The summed E-state index contributed by atoms with van der Waals surface area (Å²) in [5.74, 6) is 0.309. The van der Waals surface area contributed by atoms with E-state index in [-0.39, 0.29) is 0 Å². The summed E-state index contributed by atoms with van der Waals surface area (Å²) in [4.78, 5) is 0. The number of phenolic OH excluding ortho intramolecular Hbond substituents is 1. The molecule has 1 aliphatic rings. The molecule has 1 heterocycles. The van der Waals surface area contributed by atoms with Crippen molar-refractivity contribution >= 4 is 0 Å². The Balaban J connectivity index is 1.81. The number of nitrogens with one attached hydrogen (secondary N) is 1. The van der Waals surface area contributed by atoms with E-state index >= 15 is 0 Å². The minimum Gasteiger partial charge on any atom is -0.508 e. The van der Waals surface area contributed by atoms with Crippen LogP contribution >= 0.6 is 0 Å². The molecule has 1 aromatic carbocycles. The van der Waals surface area contributed by atoms with Crippen LogP contribution in [-0.4, -0.2) is 24.3 Å². The normalized spacial score (nSPS) is 21.6. The van der Waals surface area contributed by atoms with Gasteiger partial charge >= 0.3 is 0 Å². The summed E-state index contributed by atoms with van der Waals surface area (Å²) in [6.45, 7) is 2.75. The summed E-state index contributed by atoms with van der Waals surface area (Å²) in [6, 6.07) is 7.27. The standard InChI is InChI=1S/C13H19NO2/c15-12-4-1-3-11(9-12)10-16-13-5-2-7-14-8-6-13/h1,3-4,9,13-15H,2,5-8,10H2. The van der Waals surface area contributed by atoms with E-state index < -0.39 is 0 Å². The number of hydrogen-bond donors (Lipinski definition) is 2. The van der Waals surface area contributed by atoms with Gasteiger partial charge in [-0.05, 0) is 50.0 Å². The third-order valence-corrected chi connectivity index (χ3v) is 2.92. The zero-order valence-electron chi connectivity index (χ0n) is 9.48. The smallest absolute Gasteiger partial charge is 0.115 e. The SMILES string of the molecule is Oc1cccc(COC2CCCNCC2)c1. The monoisotopic (exact) mass is 221 g/mol. The summed E-state index contributed by atoms with van der Waals surface area (Å²) >= 11 is 0. The fourth-order valence-corrected chi connectivity index (χ4v) is 2.01. The van der Waals surface area contributed by atoms with Gasteiger partial charge in [-0.2, -0.15) is 0 Å². The molecular formula is C13H19NO2. The Kier molecular flexibility index (Phi) is 4.19. The molecule has 3 heteroatoms. The van der Waals surface area contributed by atoms with Crippen molar-refractivity contribution in [1.29, 1.82) is 0 Å². The van der Waals surface area contributed by atoms with E-state index in [2.05, 4.69) is 5.32 Å². The molecule has 1 aromatic rings. The summed E-state index contributed by atoms with van der Waals surface area (Å²) in [5, 5.41) is 12.7. The predicted octanol–water partition coefficient (Wildman–Crippen LogP) is 2.05. The number of ether oxygens (including phenoxy) is 1. The first kappa shape index (κ1) is 11.4. The fourth-order valence-electron chi connectivity index (χ4n) is 2.01. The molecule has 88 valence electrons. The Morgan fingerprint density at radius 2 is 2.25 bits per heavy atom. The van der Waals surface area contributed by atoms with Gasteiger partial charge in [-0.15, -0.1) is 0 Å². The molecule has 2 rings (SSSR count). The van der Waals surface area contributed by atoms with Crippen LogP contribution in [-0.2, 0) is 11.3 Å². The van der Waals surface area contributed by atoms with Gasteiger partial charge in [0.15, 0.2) is 0 Å². The zero-order valence-corrected chi connectivity index (χ0v) is 9.48. The molecule has 0 aromatic heterocycles. The molecule has 2 N–H and O–H groups in total. The second-order valence-electron chi connectivity index (χ2n) is 4.28. The topological polar surface area (TPSA) is 41.5 Å². The highest BCUT2D eigenvalue weighted by molar-refractivity contribution is 5.26. The molecule has 0 aliphatic carbocycles. The molecule has 1 unspecified atom stereocenters. The van der Waals surface area contributed by atoms with Gasteiger partial charge in [0.2, 0.25) is 0 Å². The van der Waals surface area contributed by atoms with Gasteiger partial charge in [-0.25, -0.2) is 0 Å². The molecule has 1 fully saturated rings. The number of benzene rings is 1. The van der Waals surface area contributed by atoms with Gasteiger partial charge in [0.25, 0.3) is 0 Å². The zero-order chi connectivity index (χ0) is 11.2. The lowest BCUT2D eigenvalue weighted by atomic mass is 10.1. The molecule has 0 amide bonds. The van der Waals surface area contributed by atoms with Gasteiger partial charge < -0.3 is 15.2 Å². The van der Waals surface area contributed by atoms with Crippen LogP contribution in [0.1, 0.15) is 24.8 Å². The van der Waals surface area contributed by atoms with Crippen LogP contribution in [0.25, 0.3) is 0 Å². The lowest BCUT2D eigenvalue weighted by Gasteiger charge is -2.15. The average Bonchev–Trinajstić information content (AvgIpc) is 2.55. The average molecular weight is 221 g/mol. The van der Waals surface area contributed by atoms with Crippen LogP contribution in [0.2, 0.25) is 0 Å². The quantitative estimate of drug-likeness (QED) is 0.820. The molecule has 1 aliphatic heterocycles. The first-order chi connectivity index (χ1) is 7.84. The van der Waals surface area contributed by atoms with Crippen LogP contribution in [0.15, 0.2) is 24.3 Å². The first-order valence-corrected chi connectivity index (χ1v) is 5.95. The third kappa shape index (κ3) is 3.51. The Labute approximate surface area is 96.4 Å². The van der Waals surface area contributed by atoms with E-state index in [1.807, 2.05) is 12.1 Å². The maximum Gasteiger partial charge on any atom is 0.115 e. The molecular weight excluding hydrogens is 202 g/mol. The molecule has 0 spiro atoms. The van der Waals surface area contributed by atoms with Crippen molar-refractivity contribution in [2.75, 3.05) is 13.1 Å². The molecule has 16 heavy (non-hydrogen) atoms. The van der Waals surface area contributed by atoms with Crippen LogP contribution in [0.5, 0.6) is 5.75 Å². The van der Waals surface area contributed by atoms with Gasteiger partial charge in [-0.3, -0.25) is 0 Å². The molecule has 0 radical (unpaired) electrons. The van der Waals surface area contributed by atoms with Gasteiger partial charge in [-0.1, -0.05) is 12.1 Å². The van der Waals surface area contributed by atoms with Gasteiger partial charge in [0.05, 0.1) is 12.7 Å². The summed E-state index contributed by atoms with van der Waals surface area (Å²) in [5.41, 5.74) is 1.04. The molecule has 0 bridgehead atoms. The Hall–Kier alpha value is -1.06. The maximum atomic E-state index is 9.33. The molecule has 1 saturated heterocycles. The number of hydrogen-bond acceptors (Lipinski definition) is 3. The van der Waals surface area contributed by atoms with Crippen LogP contribution in [0, 0.1) is 0 Å². The van der Waals surface area contributed by atoms with Gasteiger partial charge in [0.1, 0.15) is 5.75 Å². The predicted molar refractivity (Wildman–Crippen MR) is 63.4 cm³/mol. The van der Waals surface area contributed by atoms with Crippen molar-refractivity contribution in [3.8, 4) is 5.75 Å². The number of rotatable bonds is 3. The number of phenols is 1. The van der Waals surface area contributed by atoms with E-state index in [9.17, 15) is 5.11 Å². The van der Waals surface area contributed by atoms with E-state index in [0.717, 1.165) is 31.5 Å².